The van der Waals surface area contributed by atoms with Crippen LogP contribution < -0.4 is 5.32 Å². The van der Waals surface area contributed by atoms with Gasteiger partial charge < -0.3 is 10.2 Å². The van der Waals surface area contributed by atoms with Crippen molar-refractivity contribution < 1.29 is 14.4 Å². The van der Waals surface area contributed by atoms with Crippen LogP contribution >= 0.6 is 11.8 Å². The molecule has 1 aliphatic rings. The predicted octanol–water partition coefficient (Wildman–Crippen LogP) is 4.96. The van der Waals surface area contributed by atoms with E-state index in [1.54, 1.807) is 48.2 Å². The molecule has 1 saturated heterocycles. The lowest BCUT2D eigenvalue weighted by Gasteiger charge is -2.24. The van der Waals surface area contributed by atoms with Gasteiger partial charge in [0.1, 0.15) is 5.37 Å². The first kappa shape index (κ1) is 21.8. The van der Waals surface area contributed by atoms with Gasteiger partial charge >= 0.3 is 0 Å². The minimum Gasteiger partial charge on any atom is -0.326 e. The molecule has 0 radical (unpaired) electrons. The molecule has 1 N–H and O–H groups in total. The maximum atomic E-state index is 12.6. The van der Waals surface area contributed by atoms with Crippen LogP contribution in [0.1, 0.15) is 44.1 Å². The van der Waals surface area contributed by atoms with Crippen LogP contribution in [0.4, 0.5) is 5.69 Å². The fourth-order valence-electron chi connectivity index (χ4n) is 3.68. The van der Waals surface area contributed by atoms with Crippen molar-refractivity contribution in [2.45, 2.75) is 18.7 Å². The highest BCUT2D eigenvalue weighted by molar-refractivity contribution is 8.00. The summed E-state index contributed by atoms with van der Waals surface area (Å²) in [7, 11) is 0. The standard InChI is InChI=1S/C26H24N2O3S/c1-18(29)22-8-5-9-23(16-22)27-25(31)20-10-12-21(13-11-20)26-28(24(30)17-32-26)15-14-19-6-3-2-4-7-19/h2-13,16,26H,14-15,17H2,1H3,(H,27,31)/t26-/m0/s1. The largest absolute Gasteiger partial charge is 0.326 e. The van der Waals surface area contributed by atoms with E-state index in [0.717, 1.165) is 12.0 Å². The van der Waals surface area contributed by atoms with Crippen molar-refractivity contribution in [3.8, 4) is 0 Å². The molecule has 0 aromatic heterocycles. The lowest BCUT2D eigenvalue weighted by Crippen LogP contribution is -2.30. The van der Waals surface area contributed by atoms with Gasteiger partial charge in [0.15, 0.2) is 5.78 Å². The van der Waals surface area contributed by atoms with E-state index < -0.39 is 0 Å². The summed E-state index contributed by atoms with van der Waals surface area (Å²) >= 11 is 1.61. The average molecular weight is 445 g/mol. The van der Waals surface area contributed by atoms with Crippen LogP contribution in [0.2, 0.25) is 0 Å². The highest BCUT2D eigenvalue weighted by Gasteiger charge is 2.32. The van der Waals surface area contributed by atoms with Gasteiger partial charge in [-0.1, -0.05) is 54.6 Å². The lowest BCUT2D eigenvalue weighted by atomic mass is 10.1. The molecule has 1 aliphatic heterocycles. The van der Waals surface area contributed by atoms with E-state index in [-0.39, 0.29) is 23.0 Å². The van der Waals surface area contributed by atoms with Gasteiger partial charge in [0.05, 0.1) is 5.75 Å². The summed E-state index contributed by atoms with van der Waals surface area (Å²) in [6, 6.07) is 24.4. The molecule has 6 heteroatoms. The van der Waals surface area contributed by atoms with Gasteiger partial charge in [-0.25, -0.2) is 0 Å². The molecule has 0 bridgehead atoms. The molecule has 4 rings (SSSR count). The van der Waals surface area contributed by atoms with Gasteiger partial charge in [0.2, 0.25) is 5.91 Å². The number of Topliss-reactive ketones (excluding diaryl/α,β-unsaturated/α-hetero) is 1. The Morgan fingerprint density at radius 1 is 0.969 bits per heavy atom. The van der Waals surface area contributed by atoms with Crippen LogP contribution in [0.3, 0.4) is 0 Å². The maximum Gasteiger partial charge on any atom is 0.255 e. The van der Waals surface area contributed by atoms with E-state index in [2.05, 4.69) is 17.4 Å². The Labute approximate surface area is 191 Å². The average Bonchev–Trinajstić information content (AvgIpc) is 3.19. The molecule has 1 fully saturated rings. The van der Waals surface area contributed by atoms with Crippen molar-refractivity contribution in [2.75, 3.05) is 17.6 Å². The molecule has 0 saturated carbocycles. The number of amides is 2. The van der Waals surface area contributed by atoms with E-state index in [9.17, 15) is 14.4 Å². The number of anilines is 1. The van der Waals surface area contributed by atoms with Crippen molar-refractivity contribution >= 4 is 35.0 Å². The van der Waals surface area contributed by atoms with Gasteiger partial charge in [0.25, 0.3) is 5.91 Å². The fourth-order valence-corrected chi connectivity index (χ4v) is 4.90. The highest BCUT2D eigenvalue weighted by atomic mass is 32.2. The number of rotatable bonds is 7. The van der Waals surface area contributed by atoms with Crippen molar-refractivity contribution in [1.29, 1.82) is 0 Å². The Bertz CT molecular complexity index is 1130. The van der Waals surface area contributed by atoms with Gasteiger partial charge in [0, 0.05) is 23.4 Å². The van der Waals surface area contributed by atoms with Crippen LogP contribution in [0, 0.1) is 0 Å². The molecule has 5 nitrogen and oxygen atoms in total. The third-order valence-corrected chi connectivity index (χ3v) is 6.69. The van der Waals surface area contributed by atoms with E-state index in [4.69, 9.17) is 0 Å². The van der Waals surface area contributed by atoms with Gasteiger partial charge in [-0.15, -0.1) is 11.8 Å². The molecule has 0 spiro atoms. The van der Waals surface area contributed by atoms with Gasteiger partial charge in [-0.2, -0.15) is 0 Å². The van der Waals surface area contributed by atoms with E-state index >= 15 is 0 Å². The van der Waals surface area contributed by atoms with Crippen LogP contribution in [0.15, 0.2) is 78.9 Å². The second kappa shape index (κ2) is 9.83. The predicted molar refractivity (Wildman–Crippen MR) is 128 cm³/mol. The molecule has 2 amide bonds. The first-order valence-corrected chi connectivity index (χ1v) is 11.5. The smallest absolute Gasteiger partial charge is 0.255 e. The molecule has 1 atom stereocenters. The number of thioether (sulfide) groups is 1. The molecule has 3 aromatic carbocycles. The van der Waals surface area contributed by atoms with E-state index in [0.29, 0.717) is 29.1 Å². The number of hydrogen-bond acceptors (Lipinski definition) is 4. The molecule has 0 unspecified atom stereocenters. The Kier molecular flexibility index (Phi) is 6.71. The number of hydrogen-bond donors (Lipinski definition) is 1. The monoisotopic (exact) mass is 444 g/mol. The highest BCUT2D eigenvalue weighted by Crippen LogP contribution is 2.38. The minimum absolute atomic E-state index is 0.0458. The summed E-state index contributed by atoms with van der Waals surface area (Å²) in [5, 5.41) is 2.79. The molecule has 0 aliphatic carbocycles. The number of nitrogens with zero attached hydrogens (tertiary/aromatic N) is 1. The Hall–Kier alpha value is -3.38. The third kappa shape index (κ3) is 5.08. The zero-order chi connectivity index (χ0) is 22.5. The number of ketones is 1. The molecular weight excluding hydrogens is 420 g/mol. The fraction of sp³-hybridized carbons (Fsp3) is 0.192. The van der Waals surface area contributed by atoms with Gasteiger partial charge in [-0.05, 0) is 48.7 Å². The topological polar surface area (TPSA) is 66.5 Å². The molecule has 162 valence electrons. The zero-order valence-electron chi connectivity index (χ0n) is 17.8. The van der Waals surface area contributed by atoms with Crippen molar-refractivity contribution in [1.82, 2.24) is 4.90 Å². The SMILES string of the molecule is CC(=O)c1cccc(NC(=O)c2ccc([C@@H]3SCC(=O)N3CCc3ccccc3)cc2)c1. The molecular formula is C26H24N2O3S. The summed E-state index contributed by atoms with van der Waals surface area (Å²) in [6.07, 6.45) is 0.809. The summed E-state index contributed by atoms with van der Waals surface area (Å²) in [4.78, 5) is 38.6. The van der Waals surface area contributed by atoms with E-state index in [1.165, 1.54) is 12.5 Å². The first-order valence-electron chi connectivity index (χ1n) is 10.5. The Morgan fingerprint density at radius 3 is 2.44 bits per heavy atom. The van der Waals surface area contributed by atoms with Crippen LogP contribution in [-0.2, 0) is 11.2 Å². The zero-order valence-corrected chi connectivity index (χ0v) is 18.6. The van der Waals surface area contributed by atoms with Gasteiger partial charge in [-0.3, -0.25) is 14.4 Å². The first-order chi connectivity index (χ1) is 15.5. The maximum absolute atomic E-state index is 12.6. The molecule has 3 aromatic rings. The summed E-state index contributed by atoms with van der Waals surface area (Å²) in [5.74, 6) is 0.316. The molecule has 1 heterocycles. The minimum atomic E-state index is -0.242. The summed E-state index contributed by atoms with van der Waals surface area (Å²) in [6.45, 7) is 2.16. The van der Waals surface area contributed by atoms with Crippen LogP contribution in [0.5, 0.6) is 0 Å². The number of benzene rings is 3. The van der Waals surface area contributed by atoms with Crippen molar-refractivity contribution in [2.24, 2.45) is 0 Å². The van der Waals surface area contributed by atoms with Crippen molar-refractivity contribution in [3.05, 3.63) is 101 Å². The number of nitrogens with one attached hydrogen (secondary N) is 1. The number of carbonyl (C=O) groups excluding carboxylic acids is 3. The number of carbonyl (C=O) groups is 3. The normalized spacial score (nSPS) is 15.6. The second-order valence-corrected chi connectivity index (χ2v) is 8.77. The quantitative estimate of drug-likeness (QED) is 0.523. The Balaban J connectivity index is 1.43. The summed E-state index contributed by atoms with van der Waals surface area (Å²) < 4.78 is 0. The van der Waals surface area contributed by atoms with E-state index in [1.807, 2.05) is 35.2 Å². The van der Waals surface area contributed by atoms with Crippen LogP contribution in [-0.4, -0.2) is 34.8 Å². The second-order valence-electron chi connectivity index (χ2n) is 7.70. The Morgan fingerprint density at radius 2 is 1.72 bits per heavy atom. The van der Waals surface area contributed by atoms with Crippen molar-refractivity contribution in [3.63, 3.8) is 0 Å². The lowest BCUT2D eigenvalue weighted by molar-refractivity contribution is -0.128. The third-order valence-electron chi connectivity index (χ3n) is 5.44. The van der Waals surface area contributed by atoms with Crippen LogP contribution in [0.25, 0.3) is 0 Å². The molecule has 32 heavy (non-hydrogen) atoms. The summed E-state index contributed by atoms with van der Waals surface area (Å²) in [5.41, 5.74) is 3.86.